The van der Waals surface area contributed by atoms with Crippen molar-refractivity contribution in [2.24, 2.45) is 0 Å². The highest BCUT2D eigenvalue weighted by Gasteiger charge is 2.15. The van der Waals surface area contributed by atoms with Gasteiger partial charge in [0.15, 0.2) is 0 Å². The quantitative estimate of drug-likeness (QED) is 0.648. The van der Waals surface area contributed by atoms with Crippen LogP contribution in [-0.2, 0) is 6.54 Å². The van der Waals surface area contributed by atoms with E-state index in [0.29, 0.717) is 23.6 Å². The number of rotatable bonds is 6. The SMILES string of the molecule is CCNCc1ccccc1Oc1cccc([N+](=O)[O-])c1C. The van der Waals surface area contributed by atoms with E-state index in [9.17, 15) is 10.1 Å². The molecule has 0 saturated heterocycles. The van der Waals surface area contributed by atoms with Crippen LogP contribution in [0.4, 0.5) is 5.69 Å². The Morgan fingerprint density at radius 2 is 1.86 bits per heavy atom. The second-order valence-corrected chi connectivity index (χ2v) is 4.65. The molecule has 0 saturated carbocycles. The van der Waals surface area contributed by atoms with Crippen LogP contribution in [0.1, 0.15) is 18.1 Å². The third-order valence-corrected chi connectivity index (χ3v) is 3.21. The van der Waals surface area contributed by atoms with Crippen LogP contribution in [0.2, 0.25) is 0 Å². The molecule has 0 aliphatic carbocycles. The Bertz CT molecular complexity index is 641. The second-order valence-electron chi connectivity index (χ2n) is 4.65. The van der Waals surface area contributed by atoms with Crippen molar-refractivity contribution in [3.8, 4) is 11.5 Å². The lowest BCUT2D eigenvalue weighted by atomic mass is 10.1. The standard InChI is InChI=1S/C16H18N2O3/c1-3-17-11-13-7-4-5-9-16(13)21-15-10-6-8-14(12(15)2)18(19)20/h4-10,17H,3,11H2,1-2H3. The number of benzene rings is 2. The molecule has 0 aliphatic heterocycles. The minimum Gasteiger partial charge on any atom is -0.456 e. The van der Waals surface area contributed by atoms with Crippen LogP contribution in [0, 0.1) is 17.0 Å². The van der Waals surface area contributed by atoms with Gasteiger partial charge in [-0.2, -0.15) is 0 Å². The molecule has 0 aromatic heterocycles. The third-order valence-electron chi connectivity index (χ3n) is 3.21. The average Bonchev–Trinajstić information content (AvgIpc) is 2.48. The van der Waals surface area contributed by atoms with Gasteiger partial charge in [0.1, 0.15) is 11.5 Å². The largest absolute Gasteiger partial charge is 0.456 e. The van der Waals surface area contributed by atoms with E-state index in [4.69, 9.17) is 4.74 Å². The minimum absolute atomic E-state index is 0.0664. The molecule has 0 spiro atoms. The molecule has 0 unspecified atom stereocenters. The zero-order valence-electron chi connectivity index (χ0n) is 12.1. The summed E-state index contributed by atoms with van der Waals surface area (Å²) in [6, 6.07) is 12.5. The van der Waals surface area contributed by atoms with Crippen molar-refractivity contribution in [1.29, 1.82) is 0 Å². The fourth-order valence-electron chi connectivity index (χ4n) is 2.04. The average molecular weight is 286 g/mol. The molecule has 0 fully saturated rings. The third kappa shape index (κ3) is 3.58. The molecular weight excluding hydrogens is 268 g/mol. The van der Waals surface area contributed by atoms with Crippen LogP contribution in [0.25, 0.3) is 0 Å². The number of ether oxygens (including phenoxy) is 1. The highest BCUT2D eigenvalue weighted by molar-refractivity contribution is 5.50. The summed E-state index contributed by atoms with van der Waals surface area (Å²) in [6.07, 6.45) is 0. The number of hydrogen-bond acceptors (Lipinski definition) is 4. The van der Waals surface area contributed by atoms with E-state index < -0.39 is 4.92 Å². The van der Waals surface area contributed by atoms with Gasteiger partial charge in [0.05, 0.1) is 10.5 Å². The van der Waals surface area contributed by atoms with E-state index in [1.807, 2.05) is 31.2 Å². The van der Waals surface area contributed by atoms with E-state index in [1.165, 1.54) is 6.07 Å². The van der Waals surface area contributed by atoms with Crippen molar-refractivity contribution in [1.82, 2.24) is 5.32 Å². The molecule has 1 N–H and O–H groups in total. The Morgan fingerprint density at radius 3 is 2.57 bits per heavy atom. The fourth-order valence-corrected chi connectivity index (χ4v) is 2.04. The van der Waals surface area contributed by atoms with E-state index >= 15 is 0 Å². The lowest BCUT2D eigenvalue weighted by Gasteiger charge is -2.13. The zero-order chi connectivity index (χ0) is 15.2. The molecule has 5 heteroatoms. The van der Waals surface area contributed by atoms with Crippen molar-refractivity contribution < 1.29 is 9.66 Å². The van der Waals surface area contributed by atoms with Crippen molar-refractivity contribution in [3.63, 3.8) is 0 Å². The monoisotopic (exact) mass is 286 g/mol. The molecule has 0 amide bonds. The first-order valence-electron chi connectivity index (χ1n) is 6.84. The number of nitro benzene ring substituents is 1. The fraction of sp³-hybridized carbons (Fsp3) is 0.250. The van der Waals surface area contributed by atoms with Crippen LogP contribution in [-0.4, -0.2) is 11.5 Å². The van der Waals surface area contributed by atoms with Gasteiger partial charge in [-0.1, -0.05) is 31.2 Å². The van der Waals surface area contributed by atoms with Gasteiger partial charge >= 0.3 is 0 Å². The molecule has 0 aliphatic rings. The van der Waals surface area contributed by atoms with E-state index in [-0.39, 0.29) is 5.69 Å². The number of nitro groups is 1. The van der Waals surface area contributed by atoms with Gasteiger partial charge in [-0.25, -0.2) is 0 Å². The summed E-state index contributed by atoms with van der Waals surface area (Å²) in [5.41, 5.74) is 1.61. The van der Waals surface area contributed by atoms with Crippen molar-refractivity contribution in [2.75, 3.05) is 6.54 Å². The Labute approximate surface area is 123 Å². The normalized spacial score (nSPS) is 10.4. The topological polar surface area (TPSA) is 64.4 Å². The minimum atomic E-state index is -0.396. The van der Waals surface area contributed by atoms with E-state index in [1.54, 1.807) is 19.1 Å². The van der Waals surface area contributed by atoms with Crippen molar-refractivity contribution in [2.45, 2.75) is 20.4 Å². The first kappa shape index (κ1) is 15.0. The summed E-state index contributed by atoms with van der Waals surface area (Å²) in [6.45, 7) is 5.29. The smallest absolute Gasteiger partial charge is 0.276 e. The van der Waals surface area contributed by atoms with Crippen LogP contribution in [0.15, 0.2) is 42.5 Å². The van der Waals surface area contributed by atoms with Crippen molar-refractivity contribution >= 4 is 5.69 Å². The second kappa shape index (κ2) is 6.85. The molecule has 0 radical (unpaired) electrons. The Hall–Kier alpha value is -2.40. The predicted molar refractivity (Wildman–Crippen MR) is 81.7 cm³/mol. The first-order chi connectivity index (χ1) is 10.1. The lowest BCUT2D eigenvalue weighted by Crippen LogP contribution is -2.12. The van der Waals surface area contributed by atoms with Crippen molar-refractivity contribution in [3.05, 3.63) is 63.7 Å². The first-order valence-corrected chi connectivity index (χ1v) is 6.84. The Morgan fingerprint density at radius 1 is 1.14 bits per heavy atom. The summed E-state index contributed by atoms with van der Waals surface area (Å²) in [5, 5.41) is 14.2. The van der Waals surface area contributed by atoms with Gasteiger partial charge in [-0.15, -0.1) is 0 Å². The number of nitrogens with one attached hydrogen (secondary N) is 1. The molecular formula is C16H18N2O3. The highest BCUT2D eigenvalue weighted by Crippen LogP contribution is 2.32. The Balaban J connectivity index is 2.30. The van der Waals surface area contributed by atoms with Crippen LogP contribution in [0.3, 0.4) is 0 Å². The molecule has 2 aromatic rings. The summed E-state index contributed by atoms with van der Waals surface area (Å²) in [4.78, 5) is 10.6. The maximum absolute atomic E-state index is 11.0. The number of hydrogen-bond donors (Lipinski definition) is 1. The zero-order valence-corrected chi connectivity index (χ0v) is 12.1. The molecule has 0 heterocycles. The lowest BCUT2D eigenvalue weighted by molar-refractivity contribution is -0.385. The van der Waals surface area contributed by atoms with Gasteiger partial charge in [-0.3, -0.25) is 10.1 Å². The van der Waals surface area contributed by atoms with Crippen LogP contribution in [0.5, 0.6) is 11.5 Å². The Kier molecular flexibility index (Phi) is 4.90. The molecule has 0 bridgehead atoms. The van der Waals surface area contributed by atoms with E-state index in [2.05, 4.69) is 5.32 Å². The summed E-state index contributed by atoms with van der Waals surface area (Å²) >= 11 is 0. The van der Waals surface area contributed by atoms with Crippen LogP contribution < -0.4 is 10.1 Å². The van der Waals surface area contributed by atoms with Gasteiger partial charge in [-0.05, 0) is 25.6 Å². The number of nitrogens with zero attached hydrogens (tertiary/aromatic N) is 1. The van der Waals surface area contributed by atoms with Gasteiger partial charge in [0.2, 0.25) is 0 Å². The van der Waals surface area contributed by atoms with Crippen LogP contribution >= 0.6 is 0 Å². The van der Waals surface area contributed by atoms with Gasteiger partial charge in [0.25, 0.3) is 5.69 Å². The molecule has 2 aromatic carbocycles. The molecule has 0 atom stereocenters. The maximum atomic E-state index is 11.0. The maximum Gasteiger partial charge on any atom is 0.276 e. The van der Waals surface area contributed by atoms with E-state index in [0.717, 1.165) is 12.1 Å². The summed E-state index contributed by atoms with van der Waals surface area (Å²) in [7, 11) is 0. The summed E-state index contributed by atoms with van der Waals surface area (Å²) < 4.78 is 5.88. The number of para-hydroxylation sites is 1. The van der Waals surface area contributed by atoms with Gasteiger partial charge < -0.3 is 10.1 Å². The summed E-state index contributed by atoms with van der Waals surface area (Å²) in [5.74, 6) is 1.22. The van der Waals surface area contributed by atoms with Gasteiger partial charge in [0, 0.05) is 18.2 Å². The molecule has 21 heavy (non-hydrogen) atoms. The molecule has 2 rings (SSSR count). The molecule has 110 valence electrons. The highest BCUT2D eigenvalue weighted by atomic mass is 16.6. The molecule has 5 nitrogen and oxygen atoms in total. The predicted octanol–water partition coefficient (Wildman–Crippen LogP) is 3.81.